The largest absolute Gasteiger partial charge is 0.482 e. The van der Waals surface area contributed by atoms with Crippen LogP contribution >= 0.6 is 0 Å². The molecule has 2 rings (SSSR count). The number of ether oxygens (including phenoxy) is 1. The standard InChI is InChI=1S/C13H16N2O3/c1-8(2)5-12(16)14-9-3-4-11-10(6-9)15-13(17)7-18-11/h3-4,6,8H,5,7H2,1-2H3,(H,14,16)(H,15,17). The van der Waals surface area contributed by atoms with Crippen LogP contribution in [-0.4, -0.2) is 18.4 Å². The lowest BCUT2D eigenvalue weighted by Gasteiger charge is -2.18. The van der Waals surface area contributed by atoms with E-state index in [1.807, 2.05) is 13.8 Å². The van der Waals surface area contributed by atoms with E-state index >= 15 is 0 Å². The third-order valence-corrected chi connectivity index (χ3v) is 2.49. The van der Waals surface area contributed by atoms with Gasteiger partial charge in [0.1, 0.15) is 5.75 Å². The van der Waals surface area contributed by atoms with E-state index in [9.17, 15) is 9.59 Å². The Bertz CT molecular complexity index is 483. The van der Waals surface area contributed by atoms with Crippen LogP contribution in [0.15, 0.2) is 18.2 Å². The number of fused-ring (bicyclic) bond motifs is 1. The van der Waals surface area contributed by atoms with Gasteiger partial charge in [-0.15, -0.1) is 0 Å². The Labute approximate surface area is 106 Å². The first-order chi connectivity index (χ1) is 8.54. The van der Waals surface area contributed by atoms with Gasteiger partial charge < -0.3 is 15.4 Å². The zero-order valence-corrected chi connectivity index (χ0v) is 10.4. The Morgan fingerprint density at radius 1 is 1.50 bits per heavy atom. The van der Waals surface area contributed by atoms with Crippen molar-refractivity contribution in [2.45, 2.75) is 20.3 Å². The third kappa shape index (κ3) is 3.00. The predicted molar refractivity (Wildman–Crippen MR) is 68.7 cm³/mol. The van der Waals surface area contributed by atoms with Crippen molar-refractivity contribution in [1.82, 2.24) is 0 Å². The van der Waals surface area contributed by atoms with Crippen LogP contribution in [0.1, 0.15) is 20.3 Å². The summed E-state index contributed by atoms with van der Waals surface area (Å²) in [6, 6.07) is 5.19. The molecule has 0 radical (unpaired) electrons. The number of carbonyl (C=O) groups is 2. The highest BCUT2D eigenvalue weighted by Crippen LogP contribution is 2.30. The summed E-state index contributed by atoms with van der Waals surface area (Å²) >= 11 is 0. The van der Waals surface area contributed by atoms with Gasteiger partial charge in [-0.1, -0.05) is 13.8 Å². The van der Waals surface area contributed by atoms with Gasteiger partial charge in [0.25, 0.3) is 5.91 Å². The number of hydrogen-bond donors (Lipinski definition) is 2. The van der Waals surface area contributed by atoms with Crippen LogP contribution in [0.5, 0.6) is 5.75 Å². The van der Waals surface area contributed by atoms with Crippen molar-refractivity contribution in [2.24, 2.45) is 5.92 Å². The summed E-state index contributed by atoms with van der Waals surface area (Å²) in [5.74, 6) is 0.711. The second-order valence-electron chi connectivity index (χ2n) is 4.69. The van der Waals surface area contributed by atoms with Gasteiger partial charge in [0.2, 0.25) is 5.91 Å². The van der Waals surface area contributed by atoms with Crippen LogP contribution in [0, 0.1) is 5.92 Å². The number of anilines is 2. The Hall–Kier alpha value is -2.04. The fraction of sp³-hybridized carbons (Fsp3) is 0.385. The van der Waals surface area contributed by atoms with Crippen molar-refractivity contribution >= 4 is 23.2 Å². The molecule has 1 aromatic carbocycles. The molecule has 5 nitrogen and oxygen atoms in total. The number of hydrogen-bond acceptors (Lipinski definition) is 3. The van der Waals surface area contributed by atoms with E-state index in [0.29, 0.717) is 29.5 Å². The molecule has 96 valence electrons. The molecule has 0 aliphatic carbocycles. The fourth-order valence-corrected chi connectivity index (χ4v) is 1.74. The summed E-state index contributed by atoms with van der Waals surface area (Å²) in [7, 11) is 0. The summed E-state index contributed by atoms with van der Waals surface area (Å²) in [6.45, 7) is 4.01. The average Bonchev–Trinajstić information content (AvgIpc) is 2.27. The topological polar surface area (TPSA) is 67.4 Å². The molecule has 1 aliphatic rings. The molecule has 0 fully saturated rings. The van der Waals surface area contributed by atoms with Crippen molar-refractivity contribution in [3.8, 4) is 5.75 Å². The molecular formula is C13H16N2O3. The number of nitrogens with one attached hydrogen (secondary N) is 2. The number of rotatable bonds is 3. The molecule has 18 heavy (non-hydrogen) atoms. The Kier molecular flexibility index (Phi) is 3.50. The summed E-state index contributed by atoms with van der Waals surface area (Å²) in [4.78, 5) is 22.8. The van der Waals surface area contributed by atoms with Crippen LogP contribution in [0.3, 0.4) is 0 Å². The smallest absolute Gasteiger partial charge is 0.262 e. The van der Waals surface area contributed by atoms with Gasteiger partial charge >= 0.3 is 0 Å². The highest BCUT2D eigenvalue weighted by Gasteiger charge is 2.16. The lowest BCUT2D eigenvalue weighted by Crippen LogP contribution is -2.25. The van der Waals surface area contributed by atoms with Crippen molar-refractivity contribution in [1.29, 1.82) is 0 Å². The van der Waals surface area contributed by atoms with Gasteiger partial charge in [0, 0.05) is 12.1 Å². The highest BCUT2D eigenvalue weighted by molar-refractivity contribution is 5.97. The Morgan fingerprint density at radius 3 is 3.00 bits per heavy atom. The maximum atomic E-state index is 11.6. The van der Waals surface area contributed by atoms with Crippen LogP contribution in [-0.2, 0) is 9.59 Å². The number of amides is 2. The Morgan fingerprint density at radius 2 is 2.28 bits per heavy atom. The maximum Gasteiger partial charge on any atom is 0.262 e. The fourth-order valence-electron chi connectivity index (χ4n) is 1.74. The van der Waals surface area contributed by atoms with E-state index in [0.717, 1.165) is 0 Å². The zero-order valence-electron chi connectivity index (χ0n) is 10.4. The van der Waals surface area contributed by atoms with Crippen molar-refractivity contribution < 1.29 is 14.3 Å². The first kappa shape index (κ1) is 12.4. The van der Waals surface area contributed by atoms with E-state index in [-0.39, 0.29) is 18.4 Å². The molecule has 2 N–H and O–H groups in total. The predicted octanol–water partition coefficient (Wildman–Crippen LogP) is 2.00. The monoisotopic (exact) mass is 248 g/mol. The molecular weight excluding hydrogens is 232 g/mol. The summed E-state index contributed by atoms with van der Waals surface area (Å²) in [5, 5.41) is 5.49. The lowest BCUT2D eigenvalue weighted by atomic mass is 10.1. The number of carbonyl (C=O) groups excluding carboxylic acids is 2. The van der Waals surface area contributed by atoms with E-state index < -0.39 is 0 Å². The summed E-state index contributed by atoms with van der Waals surface area (Å²) in [6.07, 6.45) is 0.472. The van der Waals surface area contributed by atoms with Crippen molar-refractivity contribution in [3.63, 3.8) is 0 Å². The van der Waals surface area contributed by atoms with Crippen molar-refractivity contribution in [2.75, 3.05) is 17.2 Å². The second kappa shape index (κ2) is 5.08. The van der Waals surface area contributed by atoms with E-state index in [2.05, 4.69) is 10.6 Å². The van der Waals surface area contributed by atoms with E-state index in [1.54, 1.807) is 18.2 Å². The molecule has 5 heteroatoms. The maximum absolute atomic E-state index is 11.6. The highest BCUT2D eigenvalue weighted by atomic mass is 16.5. The van der Waals surface area contributed by atoms with E-state index in [4.69, 9.17) is 4.74 Å². The minimum absolute atomic E-state index is 0.0338. The summed E-state index contributed by atoms with van der Waals surface area (Å²) < 4.78 is 5.24. The quantitative estimate of drug-likeness (QED) is 0.859. The van der Waals surface area contributed by atoms with E-state index in [1.165, 1.54) is 0 Å². The SMILES string of the molecule is CC(C)CC(=O)Nc1ccc2c(c1)NC(=O)CO2. The molecule has 0 spiro atoms. The van der Waals surface area contributed by atoms with Crippen LogP contribution in [0.2, 0.25) is 0 Å². The molecule has 0 atom stereocenters. The molecule has 1 heterocycles. The van der Waals surface area contributed by atoms with Gasteiger partial charge in [-0.3, -0.25) is 9.59 Å². The van der Waals surface area contributed by atoms with Gasteiger partial charge in [-0.05, 0) is 24.1 Å². The lowest BCUT2D eigenvalue weighted by molar-refractivity contribution is -0.118. The van der Waals surface area contributed by atoms with Crippen molar-refractivity contribution in [3.05, 3.63) is 18.2 Å². The molecule has 0 unspecified atom stereocenters. The van der Waals surface area contributed by atoms with Gasteiger partial charge in [-0.25, -0.2) is 0 Å². The van der Waals surface area contributed by atoms with Gasteiger partial charge in [0.05, 0.1) is 5.69 Å². The number of benzene rings is 1. The van der Waals surface area contributed by atoms with Gasteiger partial charge in [0.15, 0.2) is 6.61 Å². The first-order valence-corrected chi connectivity index (χ1v) is 5.91. The first-order valence-electron chi connectivity index (χ1n) is 5.91. The molecule has 2 amide bonds. The molecule has 1 aliphatic heterocycles. The molecule has 0 aromatic heterocycles. The minimum atomic E-state index is -0.187. The second-order valence-corrected chi connectivity index (χ2v) is 4.69. The van der Waals surface area contributed by atoms with Crippen LogP contribution < -0.4 is 15.4 Å². The molecule has 0 saturated heterocycles. The minimum Gasteiger partial charge on any atom is -0.482 e. The van der Waals surface area contributed by atoms with Gasteiger partial charge in [-0.2, -0.15) is 0 Å². The third-order valence-electron chi connectivity index (χ3n) is 2.49. The normalized spacial score (nSPS) is 13.6. The summed E-state index contributed by atoms with van der Waals surface area (Å²) in [5.41, 5.74) is 1.25. The van der Waals surface area contributed by atoms with Crippen LogP contribution in [0.4, 0.5) is 11.4 Å². The molecule has 0 bridgehead atoms. The zero-order chi connectivity index (χ0) is 13.1. The average molecular weight is 248 g/mol. The molecule has 0 saturated carbocycles. The van der Waals surface area contributed by atoms with Crippen LogP contribution in [0.25, 0.3) is 0 Å². The molecule has 1 aromatic rings. The Balaban J connectivity index is 2.09.